The highest BCUT2D eigenvalue weighted by molar-refractivity contribution is 7.18. The first-order valence-electron chi connectivity index (χ1n) is 9.45. The molecule has 7 nitrogen and oxygen atoms in total. The van der Waals surface area contributed by atoms with Crippen molar-refractivity contribution in [2.45, 2.75) is 12.8 Å². The van der Waals surface area contributed by atoms with Gasteiger partial charge in [0.25, 0.3) is 18.2 Å². The minimum absolute atomic E-state index is 0.00666. The second-order valence-electron chi connectivity index (χ2n) is 6.62. The van der Waals surface area contributed by atoms with E-state index < -0.39 is 18.9 Å². The summed E-state index contributed by atoms with van der Waals surface area (Å²) in [5.41, 5.74) is 0.884. The van der Waals surface area contributed by atoms with Gasteiger partial charge in [-0.25, -0.2) is 8.78 Å². The maximum Gasteiger partial charge on any atom is 0.261 e. The van der Waals surface area contributed by atoms with E-state index in [1.807, 2.05) is 0 Å². The van der Waals surface area contributed by atoms with Crippen molar-refractivity contribution in [3.63, 3.8) is 0 Å². The van der Waals surface area contributed by atoms with Gasteiger partial charge in [0, 0.05) is 30.9 Å². The summed E-state index contributed by atoms with van der Waals surface area (Å²) in [5, 5.41) is 2.58. The first-order chi connectivity index (χ1) is 14.8. The van der Waals surface area contributed by atoms with E-state index in [2.05, 4.69) is 5.32 Å². The molecule has 0 radical (unpaired) electrons. The largest absolute Gasteiger partial charge is 0.370 e. The van der Waals surface area contributed by atoms with Crippen molar-refractivity contribution in [1.82, 2.24) is 5.32 Å². The molecule has 31 heavy (non-hydrogen) atoms. The van der Waals surface area contributed by atoms with E-state index in [0.29, 0.717) is 28.1 Å². The summed E-state index contributed by atoms with van der Waals surface area (Å²) in [6, 6.07) is 9.40. The third kappa shape index (κ3) is 6.22. The fraction of sp³-hybridized carbons (Fsp3) is 0.350. The Bertz CT molecular complexity index is 939. The molecule has 2 aromatic rings. The predicted octanol–water partition coefficient (Wildman–Crippen LogP) is 3.18. The van der Waals surface area contributed by atoms with Crippen LogP contribution in [0, 0.1) is 0 Å². The van der Waals surface area contributed by atoms with Crippen molar-refractivity contribution in [3.8, 4) is 0 Å². The Kier molecular flexibility index (Phi) is 7.94. The average molecular weight is 472 g/mol. The van der Waals surface area contributed by atoms with Crippen LogP contribution in [0.25, 0.3) is 0 Å². The molecular weight excluding hydrogens is 452 g/mol. The van der Waals surface area contributed by atoms with Crippen LogP contribution < -0.4 is 15.1 Å². The molecule has 2 heterocycles. The number of nitrogens with one attached hydrogen (secondary N) is 1. The molecule has 0 unspecified atom stereocenters. The topological polar surface area (TPSA) is 79.0 Å². The van der Waals surface area contributed by atoms with Crippen LogP contribution in [0.15, 0.2) is 36.4 Å². The maximum absolute atomic E-state index is 13.1. The third-order valence-electron chi connectivity index (χ3n) is 4.50. The Hall–Kier alpha value is -2.56. The van der Waals surface area contributed by atoms with E-state index in [1.54, 1.807) is 29.2 Å². The van der Waals surface area contributed by atoms with Gasteiger partial charge in [-0.2, -0.15) is 0 Å². The minimum atomic E-state index is -2.73. The molecule has 3 amide bonds. The van der Waals surface area contributed by atoms with Crippen LogP contribution in [0.1, 0.15) is 16.1 Å². The Morgan fingerprint density at radius 3 is 2.58 bits per heavy atom. The minimum Gasteiger partial charge on any atom is -0.370 e. The number of ether oxygens (including phenoxy) is 1. The van der Waals surface area contributed by atoms with Crippen molar-refractivity contribution in [2.75, 3.05) is 42.6 Å². The van der Waals surface area contributed by atoms with Crippen LogP contribution in [0.5, 0.6) is 0 Å². The van der Waals surface area contributed by atoms with E-state index in [-0.39, 0.29) is 37.1 Å². The van der Waals surface area contributed by atoms with Crippen molar-refractivity contribution in [3.05, 3.63) is 45.6 Å². The predicted molar refractivity (Wildman–Crippen MR) is 114 cm³/mol. The van der Waals surface area contributed by atoms with Gasteiger partial charge in [0.05, 0.1) is 22.4 Å². The molecule has 1 saturated heterocycles. The molecule has 1 aliphatic rings. The highest BCUT2D eigenvalue weighted by Crippen LogP contribution is 2.24. The van der Waals surface area contributed by atoms with Crippen molar-refractivity contribution in [1.29, 1.82) is 0 Å². The summed E-state index contributed by atoms with van der Waals surface area (Å²) >= 11 is 6.90. The zero-order chi connectivity index (χ0) is 22.4. The number of thiophene rings is 1. The number of rotatable bonds is 8. The number of amides is 3. The van der Waals surface area contributed by atoms with Crippen LogP contribution in [0.3, 0.4) is 0 Å². The number of morpholine rings is 1. The molecule has 166 valence electrons. The molecule has 3 rings (SSSR count). The van der Waals surface area contributed by atoms with E-state index in [9.17, 15) is 23.2 Å². The lowest BCUT2D eigenvalue weighted by Crippen LogP contribution is -2.41. The van der Waals surface area contributed by atoms with Gasteiger partial charge in [-0.3, -0.25) is 14.4 Å². The van der Waals surface area contributed by atoms with E-state index >= 15 is 0 Å². The zero-order valence-corrected chi connectivity index (χ0v) is 17.9. The second-order valence-corrected chi connectivity index (χ2v) is 8.33. The quantitative estimate of drug-likeness (QED) is 0.641. The van der Waals surface area contributed by atoms with E-state index in [0.717, 1.165) is 16.2 Å². The lowest BCUT2D eigenvalue weighted by molar-refractivity contribution is -0.125. The van der Waals surface area contributed by atoms with Gasteiger partial charge >= 0.3 is 0 Å². The smallest absolute Gasteiger partial charge is 0.261 e. The second kappa shape index (κ2) is 10.7. The maximum atomic E-state index is 13.1. The number of carbonyl (C=O) groups excluding carboxylic acids is 3. The number of benzene rings is 1. The molecule has 1 fully saturated rings. The van der Waals surface area contributed by atoms with Crippen LogP contribution in [-0.2, 0) is 14.3 Å². The van der Waals surface area contributed by atoms with Gasteiger partial charge in [-0.1, -0.05) is 11.6 Å². The number of hydrogen-bond acceptors (Lipinski definition) is 5. The molecule has 0 bridgehead atoms. The Morgan fingerprint density at radius 1 is 1.23 bits per heavy atom. The molecule has 0 aliphatic carbocycles. The summed E-state index contributed by atoms with van der Waals surface area (Å²) in [5.74, 6) is -1.13. The fourth-order valence-corrected chi connectivity index (χ4v) is 3.99. The highest BCUT2D eigenvalue weighted by atomic mass is 35.5. The normalized spacial score (nSPS) is 14.1. The van der Waals surface area contributed by atoms with E-state index in [4.69, 9.17) is 16.3 Å². The molecule has 1 aromatic carbocycles. The summed E-state index contributed by atoms with van der Waals surface area (Å²) < 4.78 is 31.7. The van der Waals surface area contributed by atoms with E-state index in [1.165, 1.54) is 12.1 Å². The van der Waals surface area contributed by atoms with Crippen LogP contribution in [-0.4, -0.2) is 57.0 Å². The highest BCUT2D eigenvalue weighted by Gasteiger charge is 2.23. The van der Waals surface area contributed by atoms with Gasteiger partial charge in [0.2, 0.25) is 5.91 Å². The number of carbonyl (C=O) groups is 3. The van der Waals surface area contributed by atoms with Crippen LogP contribution in [0.2, 0.25) is 4.34 Å². The summed E-state index contributed by atoms with van der Waals surface area (Å²) in [7, 11) is 0. The third-order valence-corrected chi connectivity index (χ3v) is 5.73. The molecule has 1 aromatic heterocycles. The summed E-state index contributed by atoms with van der Waals surface area (Å²) in [4.78, 5) is 39.5. The van der Waals surface area contributed by atoms with Crippen LogP contribution in [0.4, 0.5) is 20.2 Å². The Morgan fingerprint density at radius 2 is 1.97 bits per heavy atom. The summed E-state index contributed by atoms with van der Waals surface area (Å²) in [6.07, 6.45) is -2.88. The monoisotopic (exact) mass is 471 g/mol. The Balaban J connectivity index is 1.62. The van der Waals surface area contributed by atoms with Gasteiger partial charge in [0.15, 0.2) is 0 Å². The Labute approximate surface area is 186 Å². The zero-order valence-electron chi connectivity index (χ0n) is 16.4. The fourth-order valence-electron chi connectivity index (χ4n) is 3.03. The number of alkyl halides is 2. The first kappa shape index (κ1) is 23.1. The van der Waals surface area contributed by atoms with Crippen molar-refractivity contribution in [2.24, 2.45) is 0 Å². The van der Waals surface area contributed by atoms with Gasteiger partial charge in [-0.15, -0.1) is 11.3 Å². The standard InChI is InChI=1S/C20H20ClF2N3O4S/c21-16-6-5-15(31-16)20(29)24-8-7-18(27)26(11-17(22)23)14-3-1-13(2-4-14)25-9-10-30-12-19(25)28/h1-6,17H,7-12H2,(H,24,29). The molecular formula is C20H20ClF2N3O4S. The molecule has 1 N–H and O–H groups in total. The van der Waals surface area contributed by atoms with Crippen molar-refractivity contribution >= 4 is 52.0 Å². The number of nitrogens with zero attached hydrogens (tertiary/aromatic N) is 2. The van der Waals surface area contributed by atoms with Gasteiger partial charge < -0.3 is 19.9 Å². The summed E-state index contributed by atoms with van der Waals surface area (Å²) in [6.45, 7) is 0.0114. The number of halogens is 3. The average Bonchev–Trinajstić information content (AvgIpc) is 3.19. The molecule has 11 heteroatoms. The molecule has 0 spiro atoms. The van der Waals surface area contributed by atoms with Gasteiger partial charge in [-0.05, 0) is 36.4 Å². The molecule has 1 aliphatic heterocycles. The van der Waals surface area contributed by atoms with Crippen LogP contribution >= 0.6 is 22.9 Å². The van der Waals surface area contributed by atoms with Crippen molar-refractivity contribution < 1.29 is 27.9 Å². The number of hydrogen-bond donors (Lipinski definition) is 1. The lowest BCUT2D eigenvalue weighted by atomic mass is 10.2. The first-order valence-corrected chi connectivity index (χ1v) is 10.6. The van der Waals surface area contributed by atoms with Gasteiger partial charge in [0.1, 0.15) is 6.61 Å². The lowest BCUT2D eigenvalue weighted by Gasteiger charge is -2.28. The molecule has 0 atom stereocenters. The molecule has 0 saturated carbocycles. The number of anilines is 2. The SMILES string of the molecule is O=C(NCCC(=O)N(CC(F)F)c1ccc(N2CCOCC2=O)cc1)c1ccc(Cl)s1.